The summed E-state index contributed by atoms with van der Waals surface area (Å²) < 4.78 is 10.9. The van der Waals surface area contributed by atoms with E-state index in [1.807, 2.05) is 54.7 Å². The van der Waals surface area contributed by atoms with E-state index in [1.165, 1.54) is 5.56 Å². The molecule has 3 N–H and O–H groups in total. The molecule has 0 aliphatic carbocycles. The van der Waals surface area contributed by atoms with Gasteiger partial charge in [0.1, 0.15) is 18.2 Å². The normalized spacial score (nSPS) is 12.2. The molecule has 0 unspecified atom stereocenters. The number of nitrogen functional groups attached to an aromatic ring is 1. The van der Waals surface area contributed by atoms with Crippen LogP contribution in [0.2, 0.25) is 0 Å². The second kappa shape index (κ2) is 8.64. The Kier molecular flexibility index (Phi) is 5.39. The van der Waals surface area contributed by atoms with Crippen LogP contribution in [0.1, 0.15) is 11.1 Å². The minimum absolute atomic E-state index is 0.469. The molecule has 0 radical (unpaired) electrons. The molecule has 0 fully saturated rings. The van der Waals surface area contributed by atoms with E-state index in [-0.39, 0.29) is 0 Å². The van der Waals surface area contributed by atoms with Crippen molar-refractivity contribution in [1.82, 2.24) is 9.97 Å². The monoisotopic (exact) mass is 425 g/mol. The molecule has 1 aliphatic heterocycles. The highest BCUT2D eigenvalue weighted by molar-refractivity contribution is 5.94. The van der Waals surface area contributed by atoms with Crippen LogP contribution in [0.3, 0.4) is 0 Å². The summed E-state index contributed by atoms with van der Waals surface area (Å²) in [6.07, 6.45) is 1.90. The molecular formula is C25H23N5O2. The predicted octanol–water partition coefficient (Wildman–Crippen LogP) is 4.58. The van der Waals surface area contributed by atoms with Crippen LogP contribution in [0.15, 0.2) is 65.7 Å². The van der Waals surface area contributed by atoms with Gasteiger partial charge < -0.3 is 20.5 Å². The van der Waals surface area contributed by atoms with Crippen molar-refractivity contribution < 1.29 is 9.47 Å². The van der Waals surface area contributed by atoms with Gasteiger partial charge in [0.25, 0.3) is 0 Å². The van der Waals surface area contributed by atoms with E-state index in [0.29, 0.717) is 30.5 Å². The number of anilines is 3. The fraction of sp³-hybridized carbons (Fsp3) is 0.160. The van der Waals surface area contributed by atoms with Crippen LogP contribution >= 0.6 is 0 Å². The number of hydrogen-bond acceptors (Lipinski definition) is 7. The number of aliphatic imine (C=N–C) groups is 1. The van der Waals surface area contributed by atoms with E-state index < -0.39 is 0 Å². The summed E-state index contributed by atoms with van der Waals surface area (Å²) in [6, 6.07) is 19.6. The molecule has 7 heteroatoms. The smallest absolute Gasteiger partial charge is 0.162 e. The Balaban J connectivity index is 1.59. The van der Waals surface area contributed by atoms with Gasteiger partial charge in [0.05, 0.1) is 18.7 Å². The van der Waals surface area contributed by atoms with Crippen molar-refractivity contribution in [3.63, 3.8) is 0 Å². The average Bonchev–Trinajstić information content (AvgIpc) is 3.27. The molecule has 1 aromatic heterocycles. The lowest BCUT2D eigenvalue weighted by Crippen LogP contribution is -2.05. The van der Waals surface area contributed by atoms with Crippen molar-refractivity contribution in [3.05, 3.63) is 71.8 Å². The molecule has 2 heterocycles. The summed E-state index contributed by atoms with van der Waals surface area (Å²) in [6.45, 7) is 1.72. The molecule has 0 saturated heterocycles. The molecule has 4 aromatic rings. The van der Waals surface area contributed by atoms with Gasteiger partial charge in [-0.3, -0.25) is 4.99 Å². The zero-order chi connectivity index (χ0) is 21.9. The number of hydrogen-bond donors (Lipinski definition) is 2. The number of nitrogens with two attached hydrogens (primary N) is 1. The first-order valence-electron chi connectivity index (χ1n) is 10.4. The van der Waals surface area contributed by atoms with Gasteiger partial charge in [-0.1, -0.05) is 18.2 Å². The number of aromatic nitrogens is 2. The fourth-order valence-electron chi connectivity index (χ4n) is 3.66. The van der Waals surface area contributed by atoms with Crippen LogP contribution in [0.4, 0.5) is 17.2 Å². The van der Waals surface area contributed by atoms with Crippen molar-refractivity contribution in [2.75, 3.05) is 31.4 Å². The van der Waals surface area contributed by atoms with Crippen molar-refractivity contribution in [2.45, 2.75) is 6.54 Å². The maximum absolute atomic E-state index is 5.99. The van der Waals surface area contributed by atoms with Crippen LogP contribution in [0.25, 0.3) is 22.3 Å². The number of rotatable bonds is 7. The van der Waals surface area contributed by atoms with Gasteiger partial charge in [0.2, 0.25) is 0 Å². The van der Waals surface area contributed by atoms with Crippen LogP contribution in [-0.4, -0.2) is 36.5 Å². The van der Waals surface area contributed by atoms with Crippen molar-refractivity contribution in [2.24, 2.45) is 4.99 Å². The van der Waals surface area contributed by atoms with Gasteiger partial charge in [-0.2, -0.15) is 0 Å². The second-order valence-corrected chi connectivity index (χ2v) is 7.55. The molecule has 0 amide bonds. The summed E-state index contributed by atoms with van der Waals surface area (Å²) in [5, 5.41) is 4.33. The molecule has 3 aromatic carbocycles. The fourth-order valence-corrected chi connectivity index (χ4v) is 3.66. The minimum atomic E-state index is 0.469. The average molecular weight is 425 g/mol. The van der Waals surface area contributed by atoms with E-state index in [4.69, 9.17) is 25.2 Å². The summed E-state index contributed by atoms with van der Waals surface area (Å²) in [4.78, 5) is 14.0. The van der Waals surface area contributed by atoms with Crippen molar-refractivity contribution >= 4 is 34.3 Å². The Morgan fingerprint density at radius 2 is 1.94 bits per heavy atom. The molecule has 32 heavy (non-hydrogen) atoms. The lowest BCUT2D eigenvalue weighted by Gasteiger charge is -2.13. The number of nitrogens with zero attached hydrogens (tertiary/aromatic N) is 3. The highest BCUT2D eigenvalue weighted by Gasteiger charge is 2.13. The van der Waals surface area contributed by atoms with E-state index in [2.05, 4.69) is 22.4 Å². The van der Waals surface area contributed by atoms with E-state index in [9.17, 15) is 0 Å². The molecular weight excluding hydrogens is 402 g/mol. The Morgan fingerprint density at radius 1 is 1.00 bits per heavy atom. The third kappa shape index (κ3) is 4.10. The van der Waals surface area contributed by atoms with Gasteiger partial charge in [0, 0.05) is 35.6 Å². The highest BCUT2D eigenvalue weighted by Crippen LogP contribution is 2.31. The third-order valence-electron chi connectivity index (χ3n) is 5.27. The molecule has 0 atom stereocenters. The summed E-state index contributed by atoms with van der Waals surface area (Å²) in [5.74, 6) is 2.03. The Bertz CT molecular complexity index is 1320. The number of fused-ring (bicyclic) bond motifs is 2. The Labute approximate surface area is 185 Å². The topological polar surface area (TPSA) is 94.7 Å². The van der Waals surface area contributed by atoms with Crippen LogP contribution < -0.4 is 15.8 Å². The van der Waals surface area contributed by atoms with Crippen LogP contribution in [0.5, 0.6) is 5.75 Å². The summed E-state index contributed by atoms with van der Waals surface area (Å²) in [5.41, 5.74) is 11.6. The van der Waals surface area contributed by atoms with E-state index in [0.717, 1.165) is 40.0 Å². The number of nitrogens with one attached hydrogen (secondary N) is 1. The summed E-state index contributed by atoms with van der Waals surface area (Å²) in [7, 11) is 1.65. The van der Waals surface area contributed by atoms with Gasteiger partial charge in [-0.15, -0.1) is 0 Å². The maximum atomic E-state index is 5.99. The second-order valence-electron chi connectivity index (χ2n) is 7.55. The van der Waals surface area contributed by atoms with Crippen LogP contribution in [0, 0.1) is 0 Å². The van der Waals surface area contributed by atoms with E-state index in [1.54, 1.807) is 7.11 Å². The quantitative estimate of drug-likeness (QED) is 0.332. The molecule has 7 nitrogen and oxygen atoms in total. The molecule has 0 bridgehead atoms. The molecule has 160 valence electrons. The lowest BCUT2D eigenvalue weighted by molar-refractivity contribution is 0.146. The molecule has 1 aliphatic rings. The first-order chi connectivity index (χ1) is 15.7. The zero-order valence-electron chi connectivity index (χ0n) is 17.7. The molecule has 0 saturated carbocycles. The SMILES string of the molecule is COCCOc1ccc2nc(-c3cccc(N)c3)nc(Nc3ccc4c(c3)C=NC4)c2c1. The van der Waals surface area contributed by atoms with Gasteiger partial charge in [-0.05, 0) is 53.6 Å². The zero-order valence-corrected chi connectivity index (χ0v) is 17.7. The third-order valence-corrected chi connectivity index (χ3v) is 5.27. The van der Waals surface area contributed by atoms with E-state index >= 15 is 0 Å². The lowest BCUT2D eigenvalue weighted by atomic mass is 10.1. The highest BCUT2D eigenvalue weighted by atomic mass is 16.5. The van der Waals surface area contributed by atoms with Crippen molar-refractivity contribution in [3.8, 4) is 17.1 Å². The largest absolute Gasteiger partial charge is 0.491 e. The number of methoxy groups -OCH3 is 1. The van der Waals surface area contributed by atoms with Gasteiger partial charge in [0.15, 0.2) is 5.82 Å². The Morgan fingerprint density at radius 3 is 2.81 bits per heavy atom. The van der Waals surface area contributed by atoms with Gasteiger partial charge in [-0.25, -0.2) is 9.97 Å². The number of ether oxygens (including phenoxy) is 2. The summed E-state index contributed by atoms with van der Waals surface area (Å²) >= 11 is 0. The first-order valence-corrected chi connectivity index (χ1v) is 10.4. The first kappa shape index (κ1) is 20.0. The molecule has 0 spiro atoms. The molecule has 5 rings (SSSR count). The maximum Gasteiger partial charge on any atom is 0.162 e. The Hall–Kier alpha value is -3.97. The number of benzene rings is 3. The van der Waals surface area contributed by atoms with Crippen molar-refractivity contribution in [1.29, 1.82) is 0 Å². The van der Waals surface area contributed by atoms with Crippen LogP contribution in [-0.2, 0) is 11.3 Å². The predicted molar refractivity (Wildman–Crippen MR) is 128 cm³/mol. The van der Waals surface area contributed by atoms with Gasteiger partial charge >= 0.3 is 0 Å². The standard InChI is InChI=1S/C25H23N5O2/c1-31-9-10-32-21-7-8-23-22(13-21)25(28-20-6-5-17-14-27-15-18(17)12-20)30-24(29-23)16-3-2-4-19(26)11-16/h2-8,11-13,15H,9-10,14,26H2,1H3,(H,28,29,30). The minimum Gasteiger partial charge on any atom is -0.491 e.